The standard InChI is InChI=1S/5C18H21N3O3S/c5*1-13-16(19-9-8-17(13)24-11-5-10-23-2)12-25(22)18-20-14-6-3-4-7-15(14)21-18/h5*3-4,6-9H,5,10-12H2,1-2H3,(H,20,21)/i3D,4D,6D,7D,12D2;3D,4D,6D,7D;8D,9D,12D2;8D,9D;12D2. The molecule has 0 radical (unpaired) electrons. The van der Waals surface area contributed by atoms with Crippen LogP contribution in [-0.2, 0) is 106 Å². The molecule has 0 fully saturated rings. The summed E-state index contributed by atoms with van der Waals surface area (Å²) in [6.45, 7) is 13.1. The van der Waals surface area contributed by atoms with Crippen molar-refractivity contribution in [1.29, 1.82) is 0 Å². The van der Waals surface area contributed by atoms with E-state index < -0.39 is 95.4 Å². The summed E-state index contributed by atoms with van der Waals surface area (Å²) in [5, 5.41) is 0.191. The van der Waals surface area contributed by atoms with E-state index in [2.05, 4.69) is 74.8 Å². The number of imidazole rings is 5. The molecule has 5 atom stereocenters. The van der Waals surface area contributed by atoms with Gasteiger partial charge in [-0.2, -0.15) is 0 Å². The molecule has 35 heteroatoms. The molecule has 5 unspecified atom stereocenters. The lowest BCUT2D eigenvalue weighted by atomic mass is 10.2. The molecule has 0 bridgehead atoms. The van der Waals surface area contributed by atoms with Gasteiger partial charge in [-0.15, -0.1) is 0 Å². The number of nitrogens with zero attached hydrogens (tertiary/aromatic N) is 10. The van der Waals surface area contributed by atoms with Crippen LogP contribution in [0.4, 0.5) is 0 Å². The lowest BCUT2D eigenvalue weighted by Crippen LogP contribution is -2.06. The molecule has 0 aliphatic carbocycles. The summed E-state index contributed by atoms with van der Waals surface area (Å²) in [6.07, 6.45) is 7.12. The van der Waals surface area contributed by atoms with Crippen molar-refractivity contribution < 1.29 is 93.1 Å². The van der Waals surface area contributed by atoms with Crippen molar-refractivity contribution in [1.82, 2.24) is 74.8 Å². The summed E-state index contributed by atoms with van der Waals surface area (Å²) in [5.41, 5.74) is 0.397. The predicted molar refractivity (Wildman–Crippen MR) is 486 cm³/mol. The Labute approximate surface area is 763 Å². The first kappa shape index (κ1) is 72.0. The Morgan fingerprint density at radius 1 is 0.296 bits per heavy atom. The van der Waals surface area contributed by atoms with E-state index in [-0.39, 0.29) is 138 Å². The third-order valence-corrected chi connectivity index (χ3v) is 22.9. The van der Waals surface area contributed by atoms with Crippen molar-refractivity contribution in [3.63, 3.8) is 0 Å². The van der Waals surface area contributed by atoms with Crippen molar-refractivity contribution in [3.8, 4) is 28.7 Å². The quantitative estimate of drug-likeness (QED) is 0.0223. The second-order valence-electron chi connectivity index (χ2n) is 26.6. The Balaban J connectivity index is 0.000000171. The third-order valence-electron chi connectivity index (χ3n) is 17.9. The zero-order valence-electron chi connectivity index (χ0n) is 88.1. The minimum atomic E-state index is -2.47. The molecule has 15 aromatic rings. The number of aromatic amines is 5. The van der Waals surface area contributed by atoms with Crippen LogP contribution in [0.1, 0.15) is 113 Å². The number of para-hydroxylation sites is 10. The minimum absolute atomic E-state index is 0.0264. The van der Waals surface area contributed by atoms with E-state index in [0.717, 1.165) is 23.0 Å². The molecule has 0 spiro atoms. The first-order valence-corrected chi connectivity index (χ1v) is 45.0. The van der Waals surface area contributed by atoms with Crippen LogP contribution in [0, 0.1) is 34.6 Å². The Morgan fingerprint density at radius 2 is 0.560 bits per heavy atom. The maximum Gasteiger partial charge on any atom is 0.197 e. The van der Waals surface area contributed by atoms with Crippen LogP contribution in [-0.4, -0.2) is 197 Å². The number of benzene rings is 5. The zero-order chi connectivity index (χ0) is 104. The van der Waals surface area contributed by atoms with Crippen LogP contribution in [0.2, 0.25) is 0 Å². The van der Waals surface area contributed by atoms with Crippen LogP contribution in [0.5, 0.6) is 28.7 Å². The van der Waals surface area contributed by atoms with Gasteiger partial charge in [-0.1, -0.05) is 60.6 Å². The van der Waals surface area contributed by atoms with Crippen LogP contribution < -0.4 is 23.7 Å². The third kappa shape index (κ3) is 27.6. The molecule has 0 aliphatic rings. The Bertz CT molecular complexity index is 6960. The summed E-state index contributed by atoms with van der Waals surface area (Å²) < 4.78 is 263. The van der Waals surface area contributed by atoms with E-state index in [1.54, 1.807) is 124 Å². The minimum Gasteiger partial charge on any atom is -0.493 e. The smallest absolute Gasteiger partial charge is 0.197 e. The molecule has 0 amide bonds. The number of aromatic nitrogens is 15. The van der Waals surface area contributed by atoms with Gasteiger partial charge in [-0.3, -0.25) is 46.0 Å². The predicted octanol–water partition coefficient (Wildman–Crippen LogP) is 14.9. The number of hydrogen-bond acceptors (Lipinski definition) is 25. The van der Waals surface area contributed by atoms with Crippen LogP contribution in [0.25, 0.3) is 55.2 Å². The molecule has 30 nitrogen and oxygen atoms in total. The fourth-order valence-electron chi connectivity index (χ4n) is 11.2. The van der Waals surface area contributed by atoms with Crippen LogP contribution in [0.15, 0.2) is 208 Å². The number of fused-ring (bicyclic) bond motifs is 5. The molecule has 660 valence electrons. The van der Waals surface area contributed by atoms with Crippen molar-refractivity contribution in [2.45, 2.75) is 121 Å². The number of rotatable bonds is 40. The van der Waals surface area contributed by atoms with Crippen molar-refractivity contribution >= 4 is 109 Å². The van der Waals surface area contributed by atoms with E-state index in [1.807, 2.05) is 43.3 Å². The number of hydrogen-bond donors (Lipinski definition) is 5. The molecule has 0 aliphatic heterocycles. The van der Waals surface area contributed by atoms with Gasteiger partial charge in [0.25, 0.3) is 0 Å². The first-order valence-electron chi connectivity index (χ1n) is 47.9. The second-order valence-corrected chi connectivity index (χ2v) is 32.7. The van der Waals surface area contributed by atoms with Crippen LogP contribution in [0.3, 0.4) is 0 Å². The molecule has 125 heavy (non-hydrogen) atoms. The molecular formula is C90H105N15O15S5. The molecular weight excluding hydrogens is 1690 g/mol. The van der Waals surface area contributed by atoms with Gasteiger partial charge in [0.15, 0.2) is 25.8 Å². The normalized spacial score (nSPS) is 14.8. The van der Waals surface area contributed by atoms with E-state index >= 15 is 0 Å². The molecule has 0 saturated heterocycles. The highest BCUT2D eigenvalue weighted by atomic mass is 32.2. The topological polar surface area (TPSA) is 386 Å². The maximum atomic E-state index is 13.1. The Morgan fingerprint density at radius 3 is 0.912 bits per heavy atom. The Kier molecular flexibility index (Phi) is 28.5. The molecule has 5 N–H and O–H groups in total. The first-order chi connectivity index (χ1) is 68.2. The van der Waals surface area contributed by atoms with Gasteiger partial charge in [-0.05, 0) is 125 Å². The fraction of sp³-hybridized carbons (Fsp3) is 0.333. The monoisotopic (exact) mass is 1810 g/mol. The molecule has 5 aromatic carbocycles. The van der Waals surface area contributed by atoms with Gasteiger partial charge >= 0.3 is 0 Å². The van der Waals surface area contributed by atoms with Crippen LogP contribution >= 0.6 is 0 Å². The van der Waals surface area contributed by atoms with E-state index in [1.165, 1.54) is 12.4 Å². The zero-order valence-corrected chi connectivity index (χ0v) is 74.1. The summed E-state index contributed by atoms with van der Waals surface area (Å²) in [7, 11) is -1.77. The SMILES string of the molecule is [2H]C([2H])(c1nccc(OCCCOC)c1C)S(=O)c1nc2ccccc2[nH]1.[2H]c1c([2H])c([2H])c2[nH]c(S(=O)C([2H])([2H])c3nccc(OCCCOC)c3C)nc2c1[2H].[2H]c1c([2H])c([2H])c2[nH]c(S(=O)Cc3nccc(OCCCOC)c3C)nc2c1[2H].[2H]c1nc(C([2H])([2H])S(=O)c2nc3ccccc3[nH]2)c(C)c(OCCCOC)c1[2H].[2H]c1nc(CS(=O)c2nc3ccccc3[nH]2)c(C)c(OCCCOC)c1[2H]. The van der Waals surface area contributed by atoms with Crippen molar-refractivity contribution in [2.24, 2.45) is 0 Å². The lowest BCUT2D eigenvalue weighted by molar-refractivity contribution is 0.171. The van der Waals surface area contributed by atoms with Gasteiger partial charge in [-0.25, -0.2) is 24.9 Å². The number of H-pyrrole nitrogens is 5. The average Bonchev–Trinajstić information content (AvgIpc) is 1.67. The van der Waals surface area contributed by atoms with Gasteiger partial charge in [0.1, 0.15) is 28.7 Å². The number of ether oxygens (including phenoxy) is 10. The number of nitrogens with one attached hydrogen (secondary N) is 5. The largest absolute Gasteiger partial charge is 0.493 e. The summed E-state index contributed by atoms with van der Waals surface area (Å²) in [6, 6.07) is 23.5. The lowest BCUT2D eigenvalue weighted by Gasteiger charge is -2.11. The molecule has 0 saturated carbocycles. The van der Waals surface area contributed by atoms with E-state index in [4.69, 9.17) is 72.0 Å². The fourth-order valence-corrected chi connectivity index (χ4v) is 16.0. The van der Waals surface area contributed by atoms with Crippen molar-refractivity contribution in [2.75, 3.05) is 102 Å². The van der Waals surface area contributed by atoms with E-state index in [9.17, 15) is 21.0 Å². The number of pyridine rings is 5. The second kappa shape index (κ2) is 49.4. The molecule has 10 heterocycles. The van der Waals surface area contributed by atoms with Gasteiger partial charge in [0.2, 0.25) is 0 Å². The van der Waals surface area contributed by atoms with Crippen molar-refractivity contribution in [3.05, 3.63) is 239 Å². The molecule has 15 rings (SSSR count). The van der Waals surface area contributed by atoms with Gasteiger partial charge in [0, 0.05) is 168 Å². The number of methoxy groups -OCH3 is 5. The highest BCUT2D eigenvalue weighted by molar-refractivity contribution is 7.85. The highest BCUT2D eigenvalue weighted by Crippen LogP contribution is 2.30. The Hall–Kier alpha value is -11.3. The molecule has 10 aromatic heterocycles. The summed E-state index contributed by atoms with van der Waals surface area (Å²) in [5.74, 6) is 2.11. The van der Waals surface area contributed by atoms with E-state index in [0.29, 0.717) is 163 Å². The summed E-state index contributed by atoms with van der Waals surface area (Å²) in [4.78, 5) is 55.8. The van der Waals surface area contributed by atoms with Gasteiger partial charge < -0.3 is 72.3 Å². The maximum absolute atomic E-state index is 13.1. The average molecular weight is 1820 g/mol. The van der Waals surface area contributed by atoms with Gasteiger partial charge in [0.05, 0.1) is 216 Å². The highest BCUT2D eigenvalue weighted by Gasteiger charge is 2.22. The summed E-state index contributed by atoms with van der Waals surface area (Å²) >= 11 is 0.